The van der Waals surface area contributed by atoms with E-state index in [1.54, 1.807) is 24.3 Å². The number of aryl methyl sites for hydroxylation is 2. The smallest absolute Gasteiger partial charge is 0.311 e. The highest BCUT2D eigenvalue weighted by Gasteiger charge is 2.37. The van der Waals surface area contributed by atoms with Gasteiger partial charge in [0.2, 0.25) is 0 Å². The molecule has 25 heavy (non-hydrogen) atoms. The van der Waals surface area contributed by atoms with E-state index in [-0.39, 0.29) is 22.9 Å². The van der Waals surface area contributed by atoms with E-state index in [0.29, 0.717) is 5.56 Å². The average molecular weight is 363 g/mol. The number of halogens is 3. The van der Waals surface area contributed by atoms with E-state index in [1.165, 1.54) is 23.7 Å². The number of hydrogen-bond acceptors (Lipinski definition) is 1. The van der Waals surface area contributed by atoms with Crippen LogP contribution in [-0.4, -0.2) is 4.57 Å². The van der Waals surface area contributed by atoms with Gasteiger partial charge in [0.05, 0.1) is 11.1 Å². The van der Waals surface area contributed by atoms with Crippen molar-refractivity contribution >= 4 is 25.4 Å². The average Bonchev–Trinajstić information content (AvgIpc) is 2.55. The highest BCUT2D eigenvalue weighted by atomic mass is 31.0. The van der Waals surface area contributed by atoms with Gasteiger partial charge in [-0.15, -0.1) is 9.24 Å². The maximum absolute atomic E-state index is 13.8. The molecule has 0 bridgehead atoms. The summed E-state index contributed by atoms with van der Waals surface area (Å²) in [5.74, 6) is 0. The van der Waals surface area contributed by atoms with Crippen LogP contribution in [0.4, 0.5) is 13.2 Å². The minimum absolute atomic E-state index is 0.0464. The molecule has 3 aromatic rings. The Balaban J connectivity index is 2.36. The molecular formula is C19H17F3NOP. The summed E-state index contributed by atoms with van der Waals surface area (Å²) in [4.78, 5) is 12.7. The standard InChI is InChI=1S/C19H17F3NOP/c1-11-6-5-7-12(17(11)25)10-14-16(19(20,21)22)13-8-3-4-9-15(13)23(2)18(14)24/h3-9H,10,25H2,1-2H3. The largest absolute Gasteiger partial charge is 0.417 e. The number of fused-ring (bicyclic) bond motifs is 1. The summed E-state index contributed by atoms with van der Waals surface area (Å²) in [5, 5.41) is 0.871. The summed E-state index contributed by atoms with van der Waals surface area (Å²) >= 11 is 0. The van der Waals surface area contributed by atoms with Crippen molar-refractivity contribution in [1.82, 2.24) is 4.57 Å². The second-order valence-corrected chi connectivity index (χ2v) is 6.63. The quantitative estimate of drug-likeness (QED) is 0.632. The van der Waals surface area contributed by atoms with Gasteiger partial charge in [-0.2, -0.15) is 13.2 Å². The van der Waals surface area contributed by atoms with Crippen molar-refractivity contribution in [2.45, 2.75) is 19.5 Å². The van der Waals surface area contributed by atoms with Gasteiger partial charge >= 0.3 is 6.18 Å². The minimum atomic E-state index is -4.60. The summed E-state index contributed by atoms with van der Waals surface area (Å²) in [7, 11) is 4.06. The Morgan fingerprint density at radius 3 is 2.44 bits per heavy atom. The van der Waals surface area contributed by atoms with Gasteiger partial charge in [0.15, 0.2) is 0 Å². The van der Waals surface area contributed by atoms with Crippen LogP contribution in [0.15, 0.2) is 47.3 Å². The fourth-order valence-electron chi connectivity index (χ4n) is 3.13. The lowest BCUT2D eigenvalue weighted by molar-refractivity contribution is -0.137. The van der Waals surface area contributed by atoms with Crippen molar-refractivity contribution in [2.24, 2.45) is 7.05 Å². The van der Waals surface area contributed by atoms with E-state index in [0.717, 1.165) is 10.9 Å². The van der Waals surface area contributed by atoms with Crippen LogP contribution in [-0.2, 0) is 19.6 Å². The molecule has 0 aliphatic rings. The van der Waals surface area contributed by atoms with Crippen LogP contribution in [0.3, 0.4) is 0 Å². The molecule has 0 saturated heterocycles. The van der Waals surface area contributed by atoms with Gasteiger partial charge in [0.1, 0.15) is 0 Å². The number of benzene rings is 2. The van der Waals surface area contributed by atoms with Crippen molar-refractivity contribution in [3.8, 4) is 0 Å². The first-order valence-corrected chi connectivity index (χ1v) is 8.31. The van der Waals surface area contributed by atoms with Gasteiger partial charge < -0.3 is 4.57 Å². The van der Waals surface area contributed by atoms with Gasteiger partial charge in [0.25, 0.3) is 5.56 Å². The van der Waals surface area contributed by atoms with Crippen LogP contribution in [0.1, 0.15) is 22.3 Å². The molecule has 130 valence electrons. The van der Waals surface area contributed by atoms with Crippen LogP contribution in [0.25, 0.3) is 10.9 Å². The van der Waals surface area contributed by atoms with Crippen LogP contribution in [0.2, 0.25) is 0 Å². The molecule has 2 nitrogen and oxygen atoms in total. The summed E-state index contributed by atoms with van der Waals surface area (Å²) in [5.41, 5.74) is 0.257. The molecule has 2 aromatic carbocycles. The zero-order valence-corrected chi connectivity index (χ0v) is 15.0. The second kappa shape index (κ2) is 6.30. The third-order valence-electron chi connectivity index (χ3n) is 4.46. The maximum Gasteiger partial charge on any atom is 0.417 e. The summed E-state index contributed by atoms with van der Waals surface area (Å²) in [6.07, 6.45) is -4.67. The van der Waals surface area contributed by atoms with Gasteiger partial charge in [-0.3, -0.25) is 4.79 Å². The Labute approximate surface area is 145 Å². The van der Waals surface area contributed by atoms with E-state index < -0.39 is 17.3 Å². The number of aromatic nitrogens is 1. The monoisotopic (exact) mass is 363 g/mol. The second-order valence-electron chi connectivity index (χ2n) is 6.06. The molecule has 0 fully saturated rings. The first kappa shape index (κ1) is 17.7. The number of pyridine rings is 1. The molecule has 1 heterocycles. The van der Waals surface area contributed by atoms with E-state index in [4.69, 9.17) is 0 Å². The summed E-state index contributed by atoms with van der Waals surface area (Å²) in [6.45, 7) is 1.88. The molecule has 1 aromatic heterocycles. The van der Waals surface area contributed by atoms with Crippen molar-refractivity contribution < 1.29 is 13.2 Å². The Morgan fingerprint density at radius 1 is 1.08 bits per heavy atom. The zero-order valence-electron chi connectivity index (χ0n) is 13.8. The fourth-order valence-corrected chi connectivity index (χ4v) is 3.43. The van der Waals surface area contributed by atoms with Crippen LogP contribution >= 0.6 is 9.24 Å². The van der Waals surface area contributed by atoms with Crippen molar-refractivity contribution in [1.29, 1.82) is 0 Å². The first-order chi connectivity index (χ1) is 11.7. The maximum atomic E-state index is 13.8. The Kier molecular flexibility index (Phi) is 4.46. The number of alkyl halides is 3. The van der Waals surface area contributed by atoms with Gasteiger partial charge in [0, 0.05) is 24.4 Å². The first-order valence-electron chi connectivity index (χ1n) is 7.73. The Bertz CT molecular complexity index is 1020. The normalized spacial score (nSPS) is 11.9. The SMILES string of the molecule is Cc1cccc(Cc2c(C(F)(F)F)c3ccccc3n(C)c2=O)c1P. The summed E-state index contributed by atoms with van der Waals surface area (Å²) in [6, 6.07) is 11.6. The third-order valence-corrected chi connectivity index (χ3v) is 5.29. The van der Waals surface area contributed by atoms with Crippen molar-refractivity contribution in [3.05, 3.63) is 75.1 Å². The number of hydrogen-bond donors (Lipinski definition) is 0. The molecule has 0 aliphatic carbocycles. The van der Waals surface area contributed by atoms with Gasteiger partial charge in [-0.05, 0) is 29.4 Å². The highest BCUT2D eigenvalue weighted by molar-refractivity contribution is 7.27. The van der Waals surface area contributed by atoms with E-state index in [9.17, 15) is 18.0 Å². The topological polar surface area (TPSA) is 22.0 Å². The lowest BCUT2D eigenvalue weighted by Crippen LogP contribution is -2.28. The molecule has 0 N–H and O–H groups in total. The zero-order chi connectivity index (χ0) is 18.4. The lowest BCUT2D eigenvalue weighted by atomic mass is 9.96. The number of rotatable bonds is 2. The Morgan fingerprint density at radius 2 is 1.76 bits per heavy atom. The summed E-state index contributed by atoms with van der Waals surface area (Å²) < 4.78 is 42.7. The van der Waals surface area contributed by atoms with Crippen LogP contribution in [0.5, 0.6) is 0 Å². The molecule has 6 heteroatoms. The van der Waals surface area contributed by atoms with Gasteiger partial charge in [-0.1, -0.05) is 36.4 Å². The van der Waals surface area contributed by atoms with Gasteiger partial charge in [-0.25, -0.2) is 0 Å². The number of para-hydroxylation sites is 1. The Hall–Kier alpha value is -2.13. The molecule has 0 aliphatic heterocycles. The van der Waals surface area contributed by atoms with Crippen LogP contribution in [0, 0.1) is 6.92 Å². The van der Waals surface area contributed by atoms with E-state index in [1.807, 2.05) is 13.0 Å². The molecule has 0 amide bonds. The molecule has 0 spiro atoms. The van der Waals surface area contributed by atoms with E-state index >= 15 is 0 Å². The van der Waals surface area contributed by atoms with Crippen molar-refractivity contribution in [2.75, 3.05) is 0 Å². The molecule has 1 unspecified atom stereocenters. The molecular weight excluding hydrogens is 346 g/mol. The molecule has 0 radical (unpaired) electrons. The fraction of sp³-hybridized carbons (Fsp3) is 0.211. The predicted molar refractivity (Wildman–Crippen MR) is 97.5 cm³/mol. The van der Waals surface area contributed by atoms with E-state index in [2.05, 4.69) is 9.24 Å². The van der Waals surface area contributed by atoms with Crippen molar-refractivity contribution in [3.63, 3.8) is 0 Å². The predicted octanol–water partition coefficient (Wildman–Crippen LogP) is 3.96. The third kappa shape index (κ3) is 3.09. The lowest BCUT2D eigenvalue weighted by Gasteiger charge is -2.18. The number of nitrogens with zero attached hydrogens (tertiary/aromatic N) is 1. The molecule has 0 saturated carbocycles. The highest BCUT2D eigenvalue weighted by Crippen LogP contribution is 2.36. The minimum Gasteiger partial charge on any atom is -0.311 e. The molecule has 3 rings (SSSR count). The molecule has 1 atom stereocenters. The van der Waals surface area contributed by atoms with Crippen LogP contribution < -0.4 is 10.9 Å².